The van der Waals surface area contributed by atoms with Crippen LogP contribution in [-0.4, -0.2) is 22.8 Å². The molecule has 0 aromatic carbocycles. The summed E-state index contributed by atoms with van der Waals surface area (Å²) in [6.45, 7) is 6.21. The molecule has 0 aromatic heterocycles. The fourth-order valence-corrected chi connectivity index (χ4v) is 1.78. The van der Waals surface area contributed by atoms with Crippen molar-refractivity contribution in [1.29, 1.82) is 0 Å². The van der Waals surface area contributed by atoms with E-state index < -0.39 is 6.16 Å². The number of hydrogen-bond donors (Lipinski definition) is 0. The number of rotatable bonds is 1. The van der Waals surface area contributed by atoms with Crippen LogP contribution in [0.3, 0.4) is 0 Å². The summed E-state index contributed by atoms with van der Waals surface area (Å²) in [6, 6.07) is 0. The molecule has 2 atom stereocenters. The fraction of sp³-hybridized carbons (Fsp3) is 0.889. The lowest BCUT2D eigenvalue weighted by Crippen LogP contribution is -2.42. The van der Waals surface area contributed by atoms with Gasteiger partial charge in [0, 0.05) is 10.8 Å². The van der Waals surface area contributed by atoms with Gasteiger partial charge in [0.25, 0.3) is 0 Å². The molecule has 0 aromatic rings. The van der Waals surface area contributed by atoms with Crippen LogP contribution in [0.5, 0.6) is 0 Å². The first-order chi connectivity index (χ1) is 5.93. The van der Waals surface area contributed by atoms with Gasteiger partial charge >= 0.3 is 6.16 Å². The molecule has 1 aliphatic rings. The van der Waals surface area contributed by atoms with Gasteiger partial charge in [0.1, 0.15) is 12.2 Å². The van der Waals surface area contributed by atoms with Gasteiger partial charge in [0.15, 0.2) is 0 Å². The number of cyclic esters (lactones) is 2. The van der Waals surface area contributed by atoms with Gasteiger partial charge in [0.2, 0.25) is 0 Å². The Hall–Kier alpha value is 0. The third-order valence-corrected chi connectivity index (χ3v) is 3.10. The minimum Gasteiger partial charge on any atom is -0.430 e. The maximum absolute atomic E-state index is 11.0. The molecule has 1 saturated heterocycles. The van der Waals surface area contributed by atoms with Crippen LogP contribution in [0, 0.1) is 5.41 Å². The van der Waals surface area contributed by atoms with E-state index in [0.29, 0.717) is 0 Å². The summed E-state index contributed by atoms with van der Waals surface area (Å²) in [5, 5.41) is 0. The van der Waals surface area contributed by atoms with Gasteiger partial charge in [-0.3, -0.25) is 0 Å². The zero-order valence-corrected chi connectivity index (χ0v) is 10.3. The van der Waals surface area contributed by atoms with E-state index in [2.05, 4.69) is 43.4 Å². The fourth-order valence-electron chi connectivity index (χ4n) is 1.24. The molecule has 0 aliphatic carbocycles. The maximum atomic E-state index is 11.0. The van der Waals surface area contributed by atoms with E-state index in [9.17, 15) is 4.79 Å². The topological polar surface area (TPSA) is 35.5 Å². The molecule has 1 rings (SSSR count). The van der Waals surface area contributed by atoms with Crippen LogP contribution in [0.25, 0.3) is 0 Å². The number of carbonyl (C=O) groups is 1. The first-order valence-electron chi connectivity index (χ1n) is 4.36. The highest BCUT2D eigenvalue weighted by molar-refractivity contribution is 14.1. The Kier molecular flexibility index (Phi) is 3.43. The second kappa shape index (κ2) is 4.02. The summed E-state index contributed by atoms with van der Waals surface area (Å²) in [7, 11) is 0. The number of halogens is 1. The summed E-state index contributed by atoms with van der Waals surface area (Å²) in [6.07, 6.45) is 0.283. The number of ether oxygens (including phenoxy) is 2. The standard InChI is InChI=1S/C9H15IO3/c1-9(2,3)7-4-6(5-10)12-8(11)13-7/h6-7H,4-5H2,1-3H3/t6-,7+/m0/s1. The van der Waals surface area contributed by atoms with Crippen LogP contribution >= 0.6 is 22.6 Å². The predicted molar refractivity (Wildman–Crippen MR) is 58.1 cm³/mol. The Labute approximate surface area is 92.3 Å². The van der Waals surface area contributed by atoms with Crippen molar-refractivity contribution < 1.29 is 14.3 Å². The number of alkyl halides is 1. The van der Waals surface area contributed by atoms with Gasteiger partial charge in [-0.15, -0.1) is 0 Å². The first kappa shape index (κ1) is 11.1. The van der Waals surface area contributed by atoms with Crippen molar-refractivity contribution in [1.82, 2.24) is 0 Å². The first-order valence-corrected chi connectivity index (χ1v) is 5.89. The maximum Gasteiger partial charge on any atom is 0.508 e. The summed E-state index contributed by atoms with van der Waals surface area (Å²) in [5.41, 5.74) is 0.00347. The van der Waals surface area contributed by atoms with Gasteiger partial charge < -0.3 is 9.47 Å². The Balaban J connectivity index is 2.62. The van der Waals surface area contributed by atoms with E-state index in [1.165, 1.54) is 0 Å². The summed E-state index contributed by atoms with van der Waals surface area (Å²) < 4.78 is 10.9. The monoisotopic (exact) mass is 298 g/mol. The van der Waals surface area contributed by atoms with Gasteiger partial charge in [0.05, 0.1) is 0 Å². The van der Waals surface area contributed by atoms with Crippen LogP contribution in [0.1, 0.15) is 27.2 Å². The van der Waals surface area contributed by atoms with Crippen LogP contribution in [0.2, 0.25) is 0 Å². The van der Waals surface area contributed by atoms with Crippen molar-refractivity contribution in [3.05, 3.63) is 0 Å². The molecule has 1 fully saturated rings. The molecular formula is C9H15IO3. The lowest BCUT2D eigenvalue weighted by molar-refractivity contribution is -0.0861. The van der Waals surface area contributed by atoms with Crippen molar-refractivity contribution in [2.24, 2.45) is 5.41 Å². The third kappa shape index (κ3) is 3.00. The Morgan fingerprint density at radius 2 is 2.08 bits per heavy atom. The lowest BCUT2D eigenvalue weighted by Gasteiger charge is -2.35. The molecule has 0 spiro atoms. The van der Waals surface area contributed by atoms with E-state index in [1.54, 1.807) is 0 Å². The summed E-state index contributed by atoms with van der Waals surface area (Å²) in [4.78, 5) is 11.0. The largest absolute Gasteiger partial charge is 0.508 e. The van der Waals surface area contributed by atoms with Crippen LogP contribution < -0.4 is 0 Å². The molecule has 0 saturated carbocycles. The normalized spacial score (nSPS) is 29.4. The molecule has 4 heteroatoms. The third-order valence-electron chi connectivity index (χ3n) is 2.12. The molecule has 0 radical (unpaired) electrons. The highest BCUT2D eigenvalue weighted by Crippen LogP contribution is 2.30. The minimum absolute atomic E-state index is 0.00347. The van der Waals surface area contributed by atoms with E-state index in [-0.39, 0.29) is 17.6 Å². The molecular weight excluding hydrogens is 283 g/mol. The second-order valence-electron chi connectivity index (χ2n) is 4.35. The van der Waals surface area contributed by atoms with Crippen molar-refractivity contribution in [3.63, 3.8) is 0 Å². The molecule has 0 bridgehead atoms. The van der Waals surface area contributed by atoms with Crippen molar-refractivity contribution >= 4 is 28.7 Å². The van der Waals surface area contributed by atoms with E-state index in [0.717, 1.165) is 10.8 Å². The molecule has 1 heterocycles. The highest BCUT2D eigenvalue weighted by Gasteiger charge is 2.36. The summed E-state index contributed by atoms with van der Waals surface area (Å²) in [5.74, 6) is 0. The Bertz CT molecular complexity index is 198. The molecule has 3 nitrogen and oxygen atoms in total. The molecule has 76 valence electrons. The van der Waals surface area contributed by atoms with E-state index >= 15 is 0 Å². The van der Waals surface area contributed by atoms with Crippen LogP contribution in [0.4, 0.5) is 4.79 Å². The van der Waals surface area contributed by atoms with Crippen molar-refractivity contribution in [2.75, 3.05) is 4.43 Å². The van der Waals surface area contributed by atoms with Gasteiger partial charge in [-0.25, -0.2) is 4.79 Å². The van der Waals surface area contributed by atoms with Crippen LogP contribution in [0.15, 0.2) is 0 Å². The van der Waals surface area contributed by atoms with E-state index in [1.807, 2.05) is 0 Å². The SMILES string of the molecule is CC(C)(C)[C@H]1C[C@@H](CI)OC(=O)O1. The zero-order valence-electron chi connectivity index (χ0n) is 8.17. The van der Waals surface area contributed by atoms with Gasteiger partial charge in [-0.05, 0) is 5.41 Å². The van der Waals surface area contributed by atoms with Crippen LogP contribution in [-0.2, 0) is 9.47 Å². The van der Waals surface area contributed by atoms with Crippen molar-refractivity contribution in [3.8, 4) is 0 Å². The summed E-state index contributed by atoms with van der Waals surface area (Å²) >= 11 is 2.22. The van der Waals surface area contributed by atoms with Gasteiger partial charge in [-0.1, -0.05) is 43.4 Å². The Morgan fingerprint density at radius 3 is 2.54 bits per heavy atom. The predicted octanol–water partition coefficient (Wildman–Crippen LogP) is 2.76. The zero-order chi connectivity index (χ0) is 10.1. The smallest absolute Gasteiger partial charge is 0.430 e. The Morgan fingerprint density at radius 1 is 1.46 bits per heavy atom. The molecule has 0 unspecified atom stereocenters. The molecule has 0 N–H and O–H groups in total. The number of carbonyl (C=O) groups excluding carboxylic acids is 1. The number of hydrogen-bond acceptors (Lipinski definition) is 3. The molecule has 0 amide bonds. The second-order valence-corrected chi connectivity index (χ2v) is 5.23. The highest BCUT2D eigenvalue weighted by atomic mass is 127. The quantitative estimate of drug-likeness (QED) is 0.424. The lowest BCUT2D eigenvalue weighted by atomic mass is 9.85. The molecule has 1 aliphatic heterocycles. The average Bonchev–Trinajstić information content (AvgIpc) is 2.01. The minimum atomic E-state index is -0.521. The van der Waals surface area contributed by atoms with Crippen molar-refractivity contribution in [2.45, 2.75) is 39.4 Å². The van der Waals surface area contributed by atoms with Gasteiger partial charge in [-0.2, -0.15) is 0 Å². The average molecular weight is 298 g/mol. The van der Waals surface area contributed by atoms with E-state index in [4.69, 9.17) is 9.47 Å². The molecule has 13 heavy (non-hydrogen) atoms.